The van der Waals surface area contributed by atoms with Crippen molar-refractivity contribution in [1.29, 1.82) is 0 Å². The Morgan fingerprint density at radius 2 is 1.74 bits per heavy atom. The topological polar surface area (TPSA) is 63.2 Å². The van der Waals surface area contributed by atoms with Gasteiger partial charge in [0.15, 0.2) is 6.29 Å². The van der Waals surface area contributed by atoms with E-state index in [1.165, 1.54) is 18.2 Å². The fourth-order valence-corrected chi connectivity index (χ4v) is 3.98. The Bertz CT molecular complexity index is 907. The van der Waals surface area contributed by atoms with E-state index < -0.39 is 6.29 Å². The van der Waals surface area contributed by atoms with Crippen LogP contribution in [0.15, 0.2) is 36.4 Å². The van der Waals surface area contributed by atoms with E-state index in [4.69, 9.17) is 23.7 Å². The molecule has 6 nitrogen and oxygen atoms in total. The first kappa shape index (κ1) is 23.0. The van der Waals surface area contributed by atoms with Crippen LogP contribution in [0, 0.1) is 0 Å². The molecule has 0 spiro atoms. The molecule has 0 fully saturated rings. The Morgan fingerprint density at radius 3 is 2.35 bits per heavy atom. The molecule has 4 rings (SSSR count). The predicted molar refractivity (Wildman–Crippen MR) is 118 cm³/mol. The summed E-state index contributed by atoms with van der Waals surface area (Å²) in [4.78, 5) is 11.4. The minimum Gasteiger partial charge on any atom is -0.496 e. The Hall–Kier alpha value is -2.63. The first-order valence-electron chi connectivity index (χ1n) is 10.5. The Kier molecular flexibility index (Phi) is 8.27. The van der Waals surface area contributed by atoms with Crippen LogP contribution in [0.5, 0.6) is 11.5 Å². The van der Waals surface area contributed by atoms with Crippen LogP contribution in [-0.4, -0.2) is 40.2 Å². The molecule has 0 saturated heterocycles. The summed E-state index contributed by atoms with van der Waals surface area (Å²) in [7, 11) is 4.66. The predicted octanol–water partition coefficient (Wildman–Crippen LogP) is 4.52. The molecule has 2 heterocycles. The fourth-order valence-electron chi connectivity index (χ4n) is 3.98. The van der Waals surface area contributed by atoms with Crippen LogP contribution in [0.1, 0.15) is 48.1 Å². The van der Waals surface area contributed by atoms with Gasteiger partial charge in [-0.1, -0.05) is 37.6 Å². The highest BCUT2D eigenvalue weighted by Crippen LogP contribution is 2.47. The van der Waals surface area contributed by atoms with E-state index in [1.807, 2.05) is 12.0 Å². The third-order valence-electron chi connectivity index (χ3n) is 5.49. The quantitative estimate of drug-likeness (QED) is 0.655. The number of hydrogen-bond donors (Lipinski definition) is 0. The van der Waals surface area contributed by atoms with Gasteiger partial charge in [-0.2, -0.15) is 0 Å². The molecule has 0 aromatic heterocycles. The average molecular weight is 427 g/mol. The van der Waals surface area contributed by atoms with Gasteiger partial charge in [-0.15, -0.1) is 0 Å². The van der Waals surface area contributed by atoms with Crippen molar-refractivity contribution >= 4 is 11.5 Å². The highest BCUT2D eigenvalue weighted by molar-refractivity contribution is 5.94. The fraction of sp³-hybridized carbons (Fsp3) is 0.440. The molecule has 2 atom stereocenters. The van der Waals surface area contributed by atoms with E-state index in [-0.39, 0.29) is 6.10 Å². The minimum atomic E-state index is -0.743. The van der Waals surface area contributed by atoms with Crippen molar-refractivity contribution in [2.75, 3.05) is 27.9 Å². The number of carbonyl (C=O) groups excluding carboxylic acids is 1. The number of fused-ring (bicyclic) bond motifs is 2. The zero-order valence-electron chi connectivity index (χ0n) is 18.6. The molecule has 6 heteroatoms. The smallest absolute Gasteiger partial charge is 0.195 e. The molecule has 166 valence electrons. The number of ether oxygens (including phenoxy) is 5. The zero-order valence-corrected chi connectivity index (χ0v) is 18.6. The molecule has 2 aromatic rings. The molecule has 0 radical (unpaired) electrons. The van der Waals surface area contributed by atoms with Crippen LogP contribution < -0.4 is 9.47 Å². The third-order valence-corrected chi connectivity index (χ3v) is 5.49. The second-order valence-electron chi connectivity index (χ2n) is 7.33. The monoisotopic (exact) mass is 426 g/mol. The second-order valence-corrected chi connectivity index (χ2v) is 7.33. The van der Waals surface area contributed by atoms with Crippen LogP contribution in [0.25, 0.3) is 5.57 Å². The maximum atomic E-state index is 11.4. The number of hydrogen-bond acceptors (Lipinski definition) is 6. The van der Waals surface area contributed by atoms with E-state index in [0.29, 0.717) is 22.6 Å². The molecule has 31 heavy (non-hydrogen) atoms. The first-order chi connectivity index (χ1) is 15.2. The van der Waals surface area contributed by atoms with Gasteiger partial charge in [-0.05, 0) is 36.1 Å². The molecule has 2 unspecified atom stereocenters. The summed E-state index contributed by atoms with van der Waals surface area (Å²) >= 11 is 0. The van der Waals surface area contributed by atoms with Crippen LogP contribution in [0.2, 0.25) is 0 Å². The molecule has 0 saturated carbocycles. The van der Waals surface area contributed by atoms with Gasteiger partial charge in [0.2, 0.25) is 0 Å². The minimum absolute atomic E-state index is 0.211. The van der Waals surface area contributed by atoms with Crippen LogP contribution >= 0.6 is 0 Å². The lowest BCUT2D eigenvalue weighted by Crippen LogP contribution is -2.28. The van der Waals surface area contributed by atoms with Gasteiger partial charge in [0.25, 0.3) is 0 Å². The summed E-state index contributed by atoms with van der Waals surface area (Å²) < 4.78 is 27.3. The van der Waals surface area contributed by atoms with Crippen molar-refractivity contribution in [2.24, 2.45) is 0 Å². The summed E-state index contributed by atoms with van der Waals surface area (Å²) in [6, 6.07) is 12.1. The van der Waals surface area contributed by atoms with Crippen LogP contribution in [0.4, 0.5) is 0 Å². The highest BCUT2D eigenvalue weighted by atomic mass is 16.7. The summed E-state index contributed by atoms with van der Waals surface area (Å²) in [5, 5.41) is 0. The Balaban J connectivity index is 0.000000225. The second kappa shape index (κ2) is 11.1. The lowest BCUT2D eigenvalue weighted by atomic mass is 9.90. The maximum absolute atomic E-state index is 11.4. The lowest BCUT2D eigenvalue weighted by Gasteiger charge is -2.33. The largest absolute Gasteiger partial charge is 0.496 e. The van der Waals surface area contributed by atoms with Gasteiger partial charge in [-0.3, -0.25) is 0 Å². The zero-order chi connectivity index (χ0) is 22.2. The standard InChI is InChI=1S/C16H20O5.C9H10O/c1-5-6-13-15-12(19-3)8-7-11(18-2)14(15)10(9-17)16(20-4)21-13;1-2-4-9-7-10-6-5-8(9)3-1/h7-8,13,16H,5-6H2,1-4H3;1-4H,5-7H2. The molecular formula is C25H30O6. The Morgan fingerprint density at radius 1 is 1.03 bits per heavy atom. The van der Waals surface area contributed by atoms with Crippen molar-refractivity contribution in [3.63, 3.8) is 0 Å². The van der Waals surface area contributed by atoms with Gasteiger partial charge in [-0.25, -0.2) is 4.79 Å². The van der Waals surface area contributed by atoms with E-state index in [9.17, 15) is 4.79 Å². The number of benzene rings is 2. The molecule has 2 aliphatic rings. The molecule has 0 bridgehead atoms. The normalized spacial score (nSPS) is 19.3. The summed E-state index contributed by atoms with van der Waals surface area (Å²) in [5.41, 5.74) is 4.60. The van der Waals surface area contributed by atoms with Crippen LogP contribution in [0.3, 0.4) is 0 Å². The van der Waals surface area contributed by atoms with Crippen molar-refractivity contribution in [1.82, 2.24) is 0 Å². The summed E-state index contributed by atoms with van der Waals surface area (Å²) in [6.07, 6.45) is 1.85. The SMILES string of the molecule is CCCC1OC(OC)C(=C=O)c2c(OC)ccc(OC)c21.c1ccc2c(c1)CCOC2. The van der Waals surface area contributed by atoms with Crippen molar-refractivity contribution < 1.29 is 28.5 Å². The molecular weight excluding hydrogens is 396 g/mol. The number of methoxy groups -OCH3 is 3. The molecule has 0 aliphatic carbocycles. The van der Waals surface area contributed by atoms with Gasteiger partial charge >= 0.3 is 0 Å². The Labute approximate surface area is 183 Å². The maximum Gasteiger partial charge on any atom is 0.195 e. The van der Waals surface area contributed by atoms with E-state index >= 15 is 0 Å². The van der Waals surface area contributed by atoms with Crippen molar-refractivity contribution in [3.05, 3.63) is 58.7 Å². The average Bonchev–Trinajstić information content (AvgIpc) is 2.83. The van der Waals surface area contributed by atoms with Gasteiger partial charge < -0.3 is 23.7 Å². The lowest BCUT2D eigenvalue weighted by molar-refractivity contribution is -0.128. The highest BCUT2D eigenvalue weighted by Gasteiger charge is 2.37. The summed E-state index contributed by atoms with van der Waals surface area (Å²) in [5.74, 6) is 3.20. The third kappa shape index (κ3) is 5.00. The van der Waals surface area contributed by atoms with Crippen LogP contribution in [-0.2, 0) is 32.0 Å². The van der Waals surface area contributed by atoms with Gasteiger partial charge in [0.1, 0.15) is 23.0 Å². The van der Waals surface area contributed by atoms with Gasteiger partial charge in [0.05, 0.1) is 33.5 Å². The number of rotatable bonds is 5. The first-order valence-corrected chi connectivity index (χ1v) is 10.5. The molecule has 2 aliphatic heterocycles. The van der Waals surface area contributed by atoms with Crippen molar-refractivity contribution in [2.45, 2.75) is 45.2 Å². The molecule has 2 aromatic carbocycles. The summed E-state index contributed by atoms with van der Waals surface area (Å²) in [6.45, 7) is 3.76. The van der Waals surface area contributed by atoms with Gasteiger partial charge in [0, 0.05) is 18.2 Å². The molecule has 0 amide bonds. The molecule has 0 N–H and O–H groups in total. The van der Waals surface area contributed by atoms with E-state index in [2.05, 4.69) is 31.2 Å². The van der Waals surface area contributed by atoms with E-state index in [1.54, 1.807) is 20.3 Å². The van der Waals surface area contributed by atoms with Crippen molar-refractivity contribution in [3.8, 4) is 11.5 Å². The van der Waals surface area contributed by atoms with E-state index in [0.717, 1.165) is 38.0 Å².